The van der Waals surface area contributed by atoms with E-state index in [4.69, 9.17) is 0 Å². The molecule has 2 unspecified atom stereocenters. The molecule has 0 radical (unpaired) electrons. The Morgan fingerprint density at radius 1 is 1.22 bits per heavy atom. The molecule has 1 fully saturated rings. The van der Waals surface area contributed by atoms with Crippen molar-refractivity contribution < 1.29 is 8.42 Å². The first-order valence-corrected chi connectivity index (χ1v) is 8.97. The third-order valence-electron chi connectivity index (χ3n) is 3.84. The topological polar surface area (TPSA) is 49.4 Å². The summed E-state index contributed by atoms with van der Waals surface area (Å²) in [6.45, 7) is 8.86. The van der Waals surface area contributed by atoms with Crippen molar-refractivity contribution in [3.05, 3.63) is 0 Å². The Labute approximate surface area is 112 Å². The summed E-state index contributed by atoms with van der Waals surface area (Å²) in [6.07, 6.45) is 3.36. The van der Waals surface area contributed by atoms with E-state index >= 15 is 0 Å². The molecule has 1 heterocycles. The largest absolute Gasteiger partial charge is 0.311 e. The van der Waals surface area contributed by atoms with Crippen LogP contribution in [0.1, 0.15) is 40.0 Å². The Bertz CT molecular complexity index is 330. The van der Waals surface area contributed by atoms with E-state index in [1.807, 2.05) is 0 Å². The number of hydrogen-bond donors (Lipinski definition) is 1. The Morgan fingerprint density at radius 2 is 1.89 bits per heavy atom. The molecule has 1 saturated heterocycles. The maximum absolute atomic E-state index is 11.5. The highest BCUT2D eigenvalue weighted by Gasteiger charge is 2.18. The molecule has 0 saturated carbocycles. The van der Waals surface area contributed by atoms with Gasteiger partial charge in [-0.2, -0.15) is 0 Å². The van der Waals surface area contributed by atoms with E-state index in [1.54, 1.807) is 6.92 Å². The Kier molecular flexibility index (Phi) is 6.60. The molecule has 0 spiro atoms. The van der Waals surface area contributed by atoms with Gasteiger partial charge in [-0.15, -0.1) is 0 Å². The maximum atomic E-state index is 11.5. The molecular formula is C13H28N2O2S. The summed E-state index contributed by atoms with van der Waals surface area (Å²) in [5.74, 6) is 0.568. The quantitative estimate of drug-likeness (QED) is 0.822. The predicted molar refractivity (Wildman–Crippen MR) is 76.7 cm³/mol. The van der Waals surface area contributed by atoms with E-state index in [1.165, 1.54) is 0 Å². The van der Waals surface area contributed by atoms with Gasteiger partial charge in [0.1, 0.15) is 0 Å². The molecule has 108 valence electrons. The molecule has 0 aromatic heterocycles. The fourth-order valence-corrected chi connectivity index (χ4v) is 3.18. The van der Waals surface area contributed by atoms with Gasteiger partial charge in [-0.05, 0) is 39.3 Å². The third kappa shape index (κ3) is 5.67. The van der Waals surface area contributed by atoms with Crippen LogP contribution in [0, 0.1) is 0 Å². The van der Waals surface area contributed by atoms with Crippen LogP contribution in [0.2, 0.25) is 0 Å². The van der Waals surface area contributed by atoms with Gasteiger partial charge < -0.3 is 10.2 Å². The van der Waals surface area contributed by atoms with Gasteiger partial charge in [0.25, 0.3) is 0 Å². The molecule has 5 heteroatoms. The van der Waals surface area contributed by atoms with Crippen LogP contribution in [0.4, 0.5) is 0 Å². The second-order valence-corrected chi connectivity index (χ2v) is 7.80. The minimum absolute atomic E-state index is 0.260. The number of nitrogens with zero attached hydrogens (tertiary/aromatic N) is 1. The van der Waals surface area contributed by atoms with Crippen molar-refractivity contribution in [2.75, 3.05) is 31.1 Å². The lowest BCUT2D eigenvalue weighted by Crippen LogP contribution is -2.45. The van der Waals surface area contributed by atoms with E-state index < -0.39 is 9.84 Å². The zero-order valence-corrected chi connectivity index (χ0v) is 12.8. The minimum atomic E-state index is -2.83. The summed E-state index contributed by atoms with van der Waals surface area (Å²) in [5.41, 5.74) is 0. The van der Waals surface area contributed by atoms with Crippen LogP contribution in [0.25, 0.3) is 0 Å². The second kappa shape index (κ2) is 7.46. The fourth-order valence-electron chi connectivity index (χ4n) is 2.35. The minimum Gasteiger partial charge on any atom is -0.311 e. The van der Waals surface area contributed by atoms with E-state index in [0.717, 1.165) is 32.4 Å². The van der Waals surface area contributed by atoms with Gasteiger partial charge in [0.05, 0.1) is 5.75 Å². The molecule has 4 nitrogen and oxygen atoms in total. The average molecular weight is 276 g/mol. The predicted octanol–water partition coefficient (Wildman–Crippen LogP) is 1.27. The van der Waals surface area contributed by atoms with Gasteiger partial charge in [-0.25, -0.2) is 8.42 Å². The number of nitrogens with one attached hydrogen (secondary N) is 1. The van der Waals surface area contributed by atoms with E-state index in [-0.39, 0.29) is 5.75 Å². The van der Waals surface area contributed by atoms with Crippen LogP contribution in [0.3, 0.4) is 0 Å². The molecule has 0 aromatic rings. The van der Waals surface area contributed by atoms with Gasteiger partial charge >= 0.3 is 0 Å². The van der Waals surface area contributed by atoms with E-state index in [0.29, 0.717) is 24.4 Å². The van der Waals surface area contributed by atoms with Crippen molar-refractivity contribution in [1.82, 2.24) is 10.2 Å². The first-order chi connectivity index (χ1) is 8.46. The molecule has 0 bridgehead atoms. The summed E-state index contributed by atoms with van der Waals surface area (Å²) in [7, 11) is -2.83. The molecule has 0 amide bonds. The summed E-state index contributed by atoms with van der Waals surface area (Å²) < 4.78 is 23.1. The standard InChI is InChI=1S/C13H28N2O2S/c1-4-13-7-9-15(8-6-12(3)14-13)10-11-18(16,17)5-2/h12-14H,4-11H2,1-3H3. The average Bonchev–Trinajstić information content (AvgIpc) is 2.33. The Hall–Kier alpha value is -0.130. The first-order valence-electron chi connectivity index (χ1n) is 7.15. The van der Waals surface area contributed by atoms with Crippen LogP contribution in [0.5, 0.6) is 0 Å². The normalized spacial score (nSPS) is 27.7. The molecule has 0 aliphatic carbocycles. The van der Waals surface area contributed by atoms with Crippen LogP contribution < -0.4 is 5.32 Å². The molecule has 18 heavy (non-hydrogen) atoms. The molecule has 0 aromatic carbocycles. The highest BCUT2D eigenvalue weighted by atomic mass is 32.2. The van der Waals surface area contributed by atoms with Gasteiger partial charge in [-0.3, -0.25) is 0 Å². The van der Waals surface area contributed by atoms with Crippen molar-refractivity contribution in [2.24, 2.45) is 0 Å². The Morgan fingerprint density at radius 3 is 2.50 bits per heavy atom. The fraction of sp³-hybridized carbons (Fsp3) is 1.00. The number of sulfone groups is 1. The first kappa shape index (κ1) is 15.9. The van der Waals surface area contributed by atoms with Gasteiger partial charge in [0.15, 0.2) is 9.84 Å². The molecule has 1 aliphatic heterocycles. The molecule has 1 N–H and O–H groups in total. The van der Waals surface area contributed by atoms with Gasteiger partial charge in [0.2, 0.25) is 0 Å². The molecule has 2 atom stereocenters. The van der Waals surface area contributed by atoms with Crippen molar-refractivity contribution >= 4 is 9.84 Å². The lowest BCUT2D eigenvalue weighted by atomic mass is 10.1. The van der Waals surface area contributed by atoms with Crippen molar-refractivity contribution in [2.45, 2.75) is 52.1 Å². The van der Waals surface area contributed by atoms with Gasteiger partial charge in [-0.1, -0.05) is 13.8 Å². The zero-order chi connectivity index (χ0) is 13.6. The Balaban J connectivity index is 2.45. The molecular weight excluding hydrogens is 248 g/mol. The number of rotatable bonds is 5. The molecule has 1 rings (SSSR count). The second-order valence-electron chi connectivity index (χ2n) is 5.33. The monoisotopic (exact) mass is 276 g/mol. The summed E-state index contributed by atoms with van der Waals surface area (Å²) in [6, 6.07) is 1.10. The summed E-state index contributed by atoms with van der Waals surface area (Å²) >= 11 is 0. The van der Waals surface area contributed by atoms with E-state index in [9.17, 15) is 8.42 Å². The highest BCUT2D eigenvalue weighted by Crippen LogP contribution is 2.09. The van der Waals surface area contributed by atoms with E-state index in [2.05, 4.69) is 24.1 Å². The summed E-state index contributed by atoms with van der Waals surface area (Å²) in [5, 5.41) is 3.63. The number of hydrogen-bond acceptors (Lipinski definition) is 4. The van der Waals surface area contributed by atoms with Crippen LogP contribution in [-0.2, 0) is 9.84 Å². The maximum Gasteiger partial charge on any atom is 0.151 e. The van der Waals surface area contributed by atoms with Crippen molar-refractivity contribution in [3.8, 4) is 0 Å². The van der Waals surface area contributed by atoms with Crippen molar-refractivity contribution in [1.29, 1.82) is 0 Å². The van der Waals surface area contributed by atoms with Crippen molar-refractivity contribution in [3.63, 3.8) is 0 Å². The van der Waals surface area contributed by atoms with Crippen LogP contribution >= 0.6 is 0 Å². The lowest BCUT2D eigenvalue weighted by molar-refractivity contribution is 0.222. The van der Waals surface area contributed by atoms with Gasteiger partial charge in [0, 0.05) is 24.4 Å². The third-order valence-corrected chi connectivity index (χ3v) is 5.53. The zero-order valence-electron chi connectivity index (χ0n) is 12.0. The SMILES string of the molecule is CCC1CCN(CCS(=O)(=O)CC)CCC(C)N1. The van der Waals surface area contributed by atoms with Crippen LogP contribution in [0.15, 0.2) is 0 Å². The molecule has 1 aliphatic rings. The smallest absolute Gasteiger partial charge is 0.151 e. The highest BCUT2D eigenvalue weighted by molar-refractivity contribution is 7.91. The summed E-state index contributed by atoms with van der Waals surface area (Å²) in [4.78, 5) is 2.31. The lowest BCUT2D eigenvalue weighted by Gasteiger charge is -2.31. The van der Waals surface area contributed by atoms with Crippen LogP contribution in [-0.4, -0.2) is 56.5 Å².